The highest BCUT2D eigenvalue weighted by atomic mass is 32.2. The van der Waals surface area contributed by atoms with Crippen molar-refractivity contribution in [3.63, 3.8) is 0 Å². The number of carbonyl (C=O) groups is 2. The minimum atomic E-state index is -0.384. The first kappa shape index (κ1) is 20.2. The monoisotopic (exact) mass is 393 g/mol. The van der Waals surface area contributed by atoms with Crippen molar-refractivity contribution in [3.05, 3.63) is 30.3 Å². The van der Waals surface area contributed by atoms with E-state index in [9.17, 15) is 9.59 Å². The number of benzene rings is 1. The van der Waals surface area contributed by atoms with Gasteiger partial charge in [0.05, 0.1) is 5.75 Å². The van der Waals surface area contributed by atoms with Gasteiger partial charge in [0.15, 0.2) is 4.34 Å². The SMILES string of the molecule is CC(C)N(C(=O)CSc1nnc(NC(=O)Nc2ccccc2)s1)C(C)C. The van der Waals surface area contributed by atoms with Crippen LogP contribution in [-0.4, -0.2) is 44.9 Å². The van der Waals surface area contributed by atoms with E-state index in [-0.39, 0.29) is 24.0 Å². The van der Waals surface area contributed by atoms with Gasteiger partial charge in [-0.3, -0.25) is 10.1 Å². The summed E-state index contributed by atoms with van der Waals surface area (Å²) in [5.41, 5.74) is 0.692. The molecule has 1 aromatic heterocycles. The molecule has 0 unspecified atom stereocenters. The van der Waals surface area contributed by atoms with E-state index in [0.29, 0.717) is 20.9 Å². The first-order chi connectivity index (χ1) is 12.4. The third kappa shape index (κ3) is 5.99. The van der Waals surface area contributed by atoms with E-state index in [1.807, 2.05) is 50.8 Å². The van der Waals surface area contributed by atoms with Crippen LogP contribution in [0.2, 0.25) is 0 Å². The highest BCUT2D eigenvalue weighted by Crippen LogP contribution is 2.26. The number of urea groups is 1. The summed E-state index contributed by atoms with van der Waals surface area (Å²) in [5, 5.41) is 13.7. The molecule has 0 aliphatic rings. The van der Waals surface area contributed by atoms with Gasteiger partial charge in [0.2, 0.25) is 11.0 Å². The van der Waals surface area contributed by atoms with Crippen molar-refractivity contribution in [2.45, 2.75) is 44.1 Å². The maximum absolute atomic E-state index is 12.4. The summed E-state index contributed by atoms with van der Waals surface area (Å²) < 4.78 is 0.640. The standard InChI is InChI=1S/C17H23N5O2S2/c1-11(2)22(12(3)4)14(23)10-25-17-21-20-16(26-17)19-15(24)18-13-8-6-5-7-9-13/h5-9,11-12H,10H2,1-4H3,(H2,18,19,20,24). The van der Waals surface area contributed by atoms with E-state index < -0.39 is 0 Å². The normalized spacial score (nSPS) is 10.8. The minimum absolute atomic E-state index is 0.0616. The molecule has 9 heteroatoms. The maximum atomic E-state index is 12.4. The second kappa shape index (κ2) is 9.54. The van der Waals surface area contributed by atoms with Gasteiger partial charge in [-0.15, -0.1) is 10.2 Å². The highest BCUT2D eigenvalue weighted by molar-refractivity contribution is 8.01. The highest BCUT2D eigenvalue weighted by Gasteiger charge is 2.20. The fourth-order valence-electron chi connectivity index (χ4n) is 2.47. The molecule has 0 aliphatic heterocycles. The number of hydrogen-bond acceptors (Lipinski definition) is 6. The Morgan fingerprint density at radius 2 is 1.73 bits per heavy atom. The predicted octanol–water partition coefficient (Wildman–Crippen LogP) is 3.92. The molecule has 1 aromatic carbocycles. The van der Waals surface area contributed by atoms with Gasteiger partial charge in [0.1, 0.15) is 0 Å². The van der Waals surface area contributed by atoms with Crippen LogP contribution < -0.4 is 10.6 Å². The lowest BCUT2D eigenvalue weighted by molar-refractivity contribution is -0.131. The van der Waals surface area contributed by atoms with Crippen LogP contribution in [0.5, 0.6) is 0 Å². The Balaban J connectivity index is 1.85. The molecule has 26 heavy (non-hydrogen) atoms. The molecule has 1 heterocycles. The lowest BCUT2D eigenvalue weighted by Gasteiger charge is -2.30. The summed E-state index contributed by atoms with van der Waals surface area (Å²) in [6.07, 6.45) is 0. The Kier molecular flexibility index (Phi) is 7.40. The summed E-state index contributed by atoms with van der Waals surface area (Å²) in [4.78, 5) is 26.2. The molecule has 0 saturated carbocycles. The fourth-order valence-corrected chi connectivity index (χ4v) is 4.09. The van der Waals surface area contributed by atoms with Crippen molar-refractivity contribution in [3.8, 4) is 0 Å². The zero-order chi connectivity index (χ0) is 19.1. The number of anilines is 2. The average molecular weight is 394 g/mol. The summed E-state index contributed by atoms with van der Waals surface area (Å²) in [5.74, 6) is 0.354. The van der Waals surface area contributed by atoms with Crippen molar-refractivity contribution in [1.82, 2.24) is 15.1 Å². The molecule has 0 atom stereocenters. The van der Waals surface area contributed by atoms with Crippen LogP contribution >= 0.6 is 23.1 Å². The smallest absolute Gasteiger partial charge is 0.325 e. The number of hydrogen-bond donors (Lipinski definition) is 2. The van der Waals surface area contributed by atoms with Gasteiger partial charge < -0.3 is 10.2 Å². The molecule has 7 nitrogen and oxygen atoms in total. The lowest BCUT2D eigenvalue weighted by atomic mass is 10.2. The van der Waals surface area contributed by atoms with E-state index in [4.69, 9.17) is 0 Å². The Morgan fingerprint density at radius 1 is 1.08 bits per heavy atom. The van der Waals surface area contributed by atoms with Crippen molar-refractivity contribution in [2.75, 3.05) is 16.4 Å². The first-order valence-corrected chi connectivity index (χ1v) is 10.1. The Labute approximate surface area is 161 Å². The zero-order valence-electron chi connectivity index (χ0n) is 15.2. The molecule has 140 valence electrons. The first-order valence-electron chi connectivity index (χ1n) is 8.27. The number of nitrogens with one attached hydrogen (secondary N) is 2. The minimum Gasteiger partial charge on any atom is -0.337 e. The van der Waals surface area contributed by atoms with Gasteiger partial charge in [-0.25, -0.2) is 4.79 Å². The van der Waals surface area contributed by atoms with E-state index >= 15 is 0 Å². The molecule has 2 rings (SSSR count). The van der Waals surface area contributed by atoms with Crippen LogP contribution in [0.25, 0.3) is 0 Å². The Morgan fingerprint density at radius 3 is 2.35 bits per heavy atom. The number of nitrogens with zero attached hydrogens (tertiary/aromatic N) is 3. The third-order valence-electron chi connectivity index (χ3n) is 3.38. The number of rotatable bonds is 7. The van der Waals surface area contributed by atoms with E-state index in [0.717, 1.165) is 0 Å². The second-order valence-electron chi connectivity index (χ2n) is 6.10. The number of para-hydroxylation sites is 1. The third-order valence-corrected chi connectivity index (χ3v) is 5.34. The topological polar surface area (TPSA) is 87.2 Å². The molecule has 0 aliphatic carbocycles. The number of aromatic nitrogens is 2. The van der Waals surface area contributed by atoms with Gasteiger partial charge in [-0.2, -0.15) is 0 Å². The number of carbonyl (C=O) groups excluding carboxylic acids is 2. The molecular weight excluding hydrogens is 370 g/mol. The molecule has 0 radical (unpaired) electrons. The van der Waals surface area contributed by atoms with Crippen LogP contribution in [0.15, 0.2) is 34.7 Å². The van der Waals surface area contributed by atoms with Gasteiger partial charge in [0.25, 0.3) is 0 Å². The fraction of sp³-hybridized carbons (Fsp3) is 0.412. The van der Waals surface area contributed by atoms with E-state index in [1.54, 1.807) is 12.1 Å². The molecule has 3 amide bonds. The number of amides is 3. The average Bonchev–Trinajstić information content (AvgIpc) is 3.00. The van der Waals surface area contributed by atoms with Crippen LogP contribution in [0.3, 0.4) is 0 Å². The number of thioether (sulfide) groups is 1. The summed E-state index contributed by atoms with van der Waals surface area (Å²) >= 11 is 2.57. The second-order valence-corrected chi connectivity index (χ2v) is 8.30. The van der Waals surface area contributed by atoms with Crippen LogP contribution in [-0.2, 0) is 4.79 Å². The quantitative estimate of drug-likeness (QED) is 0.550. The molecule has 0 spiro atoms. The van der Waals surface area contributed by atoms with Crippen molar-refractivity contribution in [2.24, 2.45) is 0 Å². The Hall–Kier alpha value is -2.13. The molecule has 2 aromatic rings. The molecule has 0 fully saturated rings. The molecule has 2 N–H and O–H groups in total. The summed E-state index contributed by atoms with van der Waals surface area (Å²) in [7, 11) is 0. The van der Waals surface area contributed by atoms with Crippen molar-refractivity contribution < 1.29 is 9.59 Å². The summed E-state index contributed by atoms with van der Waals surface area (Å²) in [6, 6.07) is 9.05. The van der Waals surface area contributed by atoms with Gasteiger partial charge in [-0.05, 0) is 39.8 Å². The van der Waals surface area contributed by atoms with E-state index in [2.05, 4.69) is 20.8 Å². The molecule has 0 bridgehead atoms. The van der Waals surface area contributed by atoms with Crippen LogP contribution in [0, 0.1) is 0 Å². The van der Waals surface area contributed by atoms with Crippen LogP contribution in [0.1, 0.15) is 27.7 Å². The maximum Gasteiger partial charge on any atom is 0.325 e. The van der Waals surface area contributed by atoms with E-state index in [1.165, 1.54) is 23.1 Å². The summed E-state index contributed by atoms with van der Waals surface area (Å²) in [6.45, 7) is 8.00. The van der Waals surface area contributed by atoms with Gasteiger partial charge in [0, 0.05) is 17.8 Å². The Bertz CT molecular complexity index is 726. The predicted molar refractivity (Wildman–Crippen MR) is 107 cm³/mol. The zero-order valence-corrected chi connectivity index (χ0v) is 16.9. The van der Waals surface area contributed by atoms with Gasteiger partial charge in [-0.1, -0.05) is 41.3 Å². The van der Waals surface area contributed by atoms with Crippen molar-refractivity contribution >= 4 is 45.9 Å². The largest absolute Gasteiger partial charge is 0.337 e. The van der Waals surface area contributed by atoms with Crippen molar-refractivity contribution in [1.29, 1.82) is 0 Å². The molecule has 0 saturated heterocycles. The molecular formula is C17H23N5O2S2. The van der Waals surface area contributed by atoms with Crippen LogP contribution in [0.4, 0.5) is 15.6 Å². The van der Waals surface area contributed by atoms with Gasteiger partial charge >= 0.3 is 6.03 Å². The lowest BCUT2D eigenvalue weighted by Crippen LogP contribution is -2.43.